The number of unbranched alkanes of at least 4 members (excludes halogenated alkanes) is 1. The molecule has 0 aliphatic heterocycles. The minimum absolute atomic E-state index is 0.0714. The van der Waals surface area contributed by atoms with Gasteiger partial charge in [-0.05, 0) is 25.0 Å². The Bertz CT molecular complexity index is 473. The summed E-state index contributed by atoms with van der Waals surface area (Å²) in [6.07, 6.45) is 3.02. The Labute approximate surface area is 124 Å². The molecule has 0 unspecified atom stereocenters. The van der Waals surface area contributed by atoms with Crippen LogP contribution < -0.4 is 5.43 Å². The van der Waals surface area contributed by atoms with Gasteiger partial charge in [-0.1, -0.05) is 49.5 Å². The maximum absolute atomic E-state index is 11.5. The van der Waals surface area contributed by atoms with E-state index in [9.17, 15) is 4.79 Å². The van der Waals surface area contributed by atoms with E-state index in [1.807, 2.05) is 19.9 Å². The predicted octanol–water partition coefficient (Wildman–Crippen LogP) is 4.41. The molecule has 1 aromatic carbocycles. The van der Waals surface area contributed by atoms with Gasteiger partial charge in [0, 0.05) is 17.0 Å². The predicted molar refractivity (Wildman–Crippen MR) is 81.0 cm³/mol. The number of hydrogen-bond acceptors (Lipinski definition) is 2. The summed E-state index contributed by atoms with van der Waals surface area (Å²) >= 11 is 12.0. The second-order valence-corrected chi connectivity index (χ2v) is 5.02. The summed E-state index contributed by atoms with van der Waals surface area (Å²) in [7, 11) is 0. The highest BCUT2D eigenvalue weighted by Crippen LogP contribution is 2.22. The first-order valence-corrected chi connectivity index (χ1v) is 7.14. The number of amides is 1. The van der Waals surface area contributed by atoms with Gasteiger partial charge in [-0.3, -0.25) is 4.79 Å². The van der Waals surface area contributed by atoms with Crippen LogP contribution in [0.1, 0.15) is 45.1 Å². The van der Waals surface area contributed by atoms with E-state index in [0.717, 1.165) is 24.1 Å². The van der Waals surface area contributed by atoms with Crippen LogP contribution in [0, 0.1) is 0 Å². The lowest BCUT2D eigenvalue weighted by molar-refractivity contribution is -0.121. The molecule has 0 radical (unpaired) electrons. The largest absolute Gasteiger partial charge is 0.273 e. The summed E-state index contributed by atoms with van der Waals surface area (Å²) in [5, 5.41) is 5.26. The number of benzene rings is 1. The Hall–Kier alpha value is -1.06. The lowest BCUT2D eigenvalue weighted by Crippen LogP contribution is -2.19. The van der Waals surface area contributed by atoms with Crippen LogP contribution in [0.5, 0.6) is 0 Å². The molecule has 0 saturated heterocycles. The SMILES string of the molecule is CCCCC(=O)N/N=C(/CC)c1ccc(Cl)cc1Cl. The fourth-order valence-electron chi connectivity index (χ4n) is 1.58. The number of nitrogens with zero attached hydrogens (tertiary/aromatic N) is 1. The van der Waals surface area contributed by atoms with Gasteiger partial charge in [-0.25, -0.2) is 5.43 Å². The van der Waals surface area contributed by atoms with Crippen molar-refractivity contribution in [3.63, 3.8) is 0 Å². The Balaban J connectivity index is 2.79. The van der Waals surface area contributed by atoms with Gasteiger partial charge in [0.2, 0.25) is 5.91 Å². The second kappa shape index (κ2) is 8.18. The first kappa shape index (κ1) is 16.0. The Kier molecular flexibility index (Phi) is 6.89. The quantitative estimate of drug-likeness (QED) is 0.613. The summed E-state index contributed by atoms with van der Waals surface area (Å²) in [5.41, 5.74) is 4.10. The van der Waals surface area contributed by atoms with Crippen molar-refractivity contribution in [1.29, 1.82) is 0 Å². The van der Waals surface area contributed by atoms with Gasteiger partial charge < -0.3 is 0 Å². The molecule has 0 aliphatic rings. The summed E-state index contributed by atoms with van der Waals surface area (Å²) in [4.78, 5) is 11.5. The van der Waals surface area contributed by atoms with E-state index in [1.54, 1.807) is 12.1 Å². The molecule has 0 heterocycles. The highest BCUT2D eigenvalue weighted by Gasteiger charge is 2.08. The third-order valence-corrected chi connectivity index (χ3v) is 3.20. The fourth-order valence-corrected chi connectivity index (χ4v) is 2.09. The molecule has 1 amide bonds. The molecule has 1 rings (SSSR count). The Morgan fingerprint density at radius 3 is 2.63 bits per heavy atom. The molecule has 0 atom stereocenters. The molecule has 0 spiro atoms. The van der Waals surface area contributed by atoms with Crippen LogP contribution in [-0.4, -0.2) is 11.6 Å². The van der Waals surface area contributed by atoms with Crippen LogP contribution in [0.25, 0.3) is 0 Å². The molecule has 5 heteroatoms. The van der Waals surface area contributed by atoms with Crippen LogP contribution in [0.2, 0.25) is 10.0 Å². The van der Waals surface area contributed by atoms with Crippen molar-refractivity contribution in [1.82, 2.24) is 5.43 Å². The lowest BCUT2D eigenvalue weighted by atomic mass is 10.1. The molecule has 1 aromatic rings. The van der Waals surface area contributed by atoms with Gasteiger partial charge in [-0.15, -0.1) is 0 Å². The monoisotopic (exact) mass is 300 g/mol. The van der Waals surface area contributed by atoms with Gasteiger partial charge in [0.15, 0.2) is 0 Å². The molecule has 0 aliphatic carbocycles. The minimum atomic E-state index is -0.0714. The smallest absolute Gasteiger partial charge is 0.240 e. The summed E-state index contributed by atoms with van der Waals surface area (Å²) in [5.74, 6) is -0.0714. The Morgan fingerprint density at radius 1 is 1.32 bits per heavy atom. The zero-order valence-electron chi connectivity index (χ0n) is 11.2. The summed E-state index contributed by atoms with van der Waals surface area (Å²) < 4.78 is 0. The van der Waals surface area contributed by atoms with E-state index < -0.39 is 0 Å². The second-order valence-electron chi connectivity index (χ2n) is 4.17. The average molecular weight is 301 g/mol. The number of halogens is 2. The molecule has 1 N–H and O–H groups in total. The van der Waals surface area contributed by atoms with Crippen molar-refractivity contribution in [3.05, 3.63) is 33.8 Å². The van der Waals surface area contributed by atoms with Gasteiger partial charge in [0.25, 0.3) is 0 Å². The van der Waals surface area contributed by atoms with E-state index in [0.29, 0.717) is 22.9 Å². The topological polar surface area (TPSA) is 41.5 Å². The van der Waals surface area contributed by atoms with E-state index in [2.05, 4.69) is 10.5 Å². The third-order valence-electron chi connectivity index (χ3n) is 2.65. The molecule has 3 nitrogen and oxygen atoms in total. The molecular formula is C14H18Cl2N2O. The van der Waals surface area contributed by atoms with Crippen molar-refractivity contribution < 1.29 is 4.79 Å². The number of carbonyl (C=O) groups excluding carboxylic acids is 1. The zero-order valence-corrected chi connectivity index (χ0v) is 12.7. The highest BCUT2D eigenvalue weighted by molar-refractivity contribution is 6.37. The van der Waals surface area contributed by atoms with Gasteiger partial charge in [-0.2, -0.15) is 5.10 Å². The van der Waals surface area contributed by atoms with Crippen LogP contribution in [-0.2, 0) is 4.79 Å². The van der Waals surface area contributed by atoms with E-state index in [4.69, 9.17) is 23.2 Å². The number of hydrazone groups is 1. The number of nitrogens with one attached hydrogen (secondary N) is 1. The molecule has 0 bridgehead atoms. The van der Waals surface area contributed by atoms with Crippen LogP contribution in [0.15, 0.2) is 23.3 Å². The molecule has 19 heavy (non-hydrogen) atoms. The van der Waals surface area contributed by atoms with E-state index in [-0.39, 0.29) is 5.91 Å². The third kappa shape index (κ3) is 5.21. The van der Waals surface area contributed by atoms with Crippen LogP contribution in [0.3, 0.4) is 0 Å². The average Bonchev–Trinajstić information content (AvgIpc) is 2.38. The van der Waals surface area contributed by atoms with Crippen molar-refractivity contribution in [3.8, 4) is 0 Å². The van der Waals surface area contributed by atoms with Crippen LogP contribution >= 0.6 is 23.2 Å². The van der Waals surface area contributed by atoms with Crippen molar-refractivity contribution >= 4 is 34.8 Å². The maximum atomic E-state index is 11.5. The van der Waals surface area contributed by atoms with Crippen molar-refractivity contribution in [2.24, 2.45) is 5.10 Å². The van der Waals surface area contributed by atoms with E-state index >= 15 is 0 Å². The van der Waals surface area contributed by atoms with Crippen molar-refractivity contribution in [2.75, 3.05) is 0 Å². The zero-order chi connectivity index (χ0) is 14.3. The molecular weight excluding hydrogens is 283 g/mol. The van der Waals surface area contributed by atoms with Crippen LogP contribution in [0.4, 0.5) is 0 Å². The first-order valence-electron chi connectivity index (χ1n) is 6.39. The standard InChI is InChI=1S/C14H18Cl2N2O/c1-3-5-6-14(19)18-17-13(4-2)11-8-7-10(15)9-12(11)16/h7-9H,3-6H2,1-2H3,(H,18,19)/b17-13-. The van der Waals surface area contributed by atoms with Gasteiger partial charge in [0.1, 0.15) is 0 Å². The number of rotatable bonds is 6. The normalized spacial score (nSPS) is 11.5. The summed E-state index contributed by atoms with van der Waals surface area (Å²) in [6.45, 7) is 4.00. The van der Waals surface area contributed by atoms with Gasteiger partial charge in [0.05, 0.1) is 10.7 Å². The van der Waals surface area contributed by atoms with Crippen molar-refractivity contribution in [2.45, 2.75) is 39.5 Å². The number of carbonyl (C=O) groups is 1. The minimum Gasteiger partial charge on any atom is -0.273 e. The Morgan fingerprint density at radius 2 is 2.05 bits per heavy atom. The number of hydrogen-bond donors (Lipinski definition) is 1. The molecule has 0 aromatic heterocycles. The first-order chi connectivity index (χ1) is 9.08. The molecule has 0 fully saturated rings. The maximum Gasteiger partial charge on any atom is 0.240 e. The van der Waals surface area contributed by atoms with Gasteiger partial charge >= 0.3 is 0 Å². The molecule has 104 valence electrons. The fraction of sp³-hybridized carbons (Fsp3) is 0.429. The lowest BCUT2D eigenvalue weighted by Gasteiger charge is -2.07. The molecule has 0 saturated carbocycles. The highest BCUT2D eigenvalue weighted by atomic mass is 35.5. The summed E-state index contributed by atoms with van der Waals surface area (Å²) in [6, 6.07) is 5.24. The van der Waals surface area contributed by atoms with E-state index in [1.165, 1.54) is 0 Å².